The average molecular weight is 291 g/mol. The van der Waals surface area contributed by atoms with E-state index in [9.17, 15) is 4.79 Å². The SMILES string of the molecule is C/C(=N/O)c1csc(NC(=O)c2cc(C)nnc2C)n1. The van der Waals surface area contributed by atoms with Gasteiger partial charge < -0.3 is 5.21 Å². The highest BCUT2D eigenvalue weighted by Crippen LogP contribution is 2.17. The van der Waals surface area contributed by atoms with Gasteiger partial charge in [0.25, 0.3) is 5.91 Å². The maximum absolute atomic E-state index is 12.1. The van der Waals surface area contributed by atoms with Crippen LogP contribution in [-0.2, 0) is 0 Å². The largest absolute Gasteiger partial charge is 0.411 e. The van der Waals surface area contributed by atoms with E-state index in [0.29, 0.717) is 33.5 Å². The van der Waals surface area contributed by atoms with Crippen molar-refractivity contribution in [2.45, 2.75) is 20.8 Å². The van der Waals surface area contributed by atoms with Crippen molar-refractivity contribution in [2.75, 3.05) is 5.32 Å². The second-order valence-corrected chi connectivity index (χ2v) is 5.02. The Kier molecular flexibility index (Phi) is 4.04. The van der Waals surface area contributed by atoms with E-state index in [1.54, 1.807) is 32.2 Å². The first-order valence-corrected chi connectivity index (χ1v) is 6.66. The van der Waals surface area contributed by atoms with Gasteiger partial charge in [-0.05, 0) is 26.8 Å². The number of thiazole rings is 1. The van der Waals surface area contributed by atoms with Gasteiger partial charge in [-0.25, -0.2) is 4.98 Å². The summed E-state index contributed by atoms with van der Waals surface area (Å²) in [7, 11) is 0. The van der Waals surface area contributed by atoms with Crippen molar-refractivity contribution < 1.29 is 10.0 Å². The highest BCUT2D eigenvalue weighted by atomic mass is 32.1. The molecule has 8 heteroatoms. The van der Waals surface area contributed by atoms with E-state index < -0.39 is 0 Å². The summed E-state index contributed by atoms with van der Waals surface area (Å²) in [6.07, 6.45) is 0. The lowest BCUT2D eigenvalue weighted by Gasteiger charge is -2.04. The van der Waals surface area contributed by atoms with E-state index in [0.717, 1.165) is 0 Å². The van der Waals surface area contributed by atoms with Crippen LogP contribution in [0.3, 0.4) is 0 Å². The lowest BCUT2D eigenvalue weighted by molar-refractivity contribution is 0.102. The number of aryl methyl sites for hydroxylation is 2. The third-order valence-corrected chi connectivity index (χ3v) is 3.35. The Hall–Kier alpha value is -2.35. The van der Waals surface area contributed by atoms with Crippen molar-refractivity contribution in [3.63, 3.8) is 0 Å². The molecule has 0 bridgehead atoms. The van der Waals surface area contributed by atoms with Crippen molar-refractivity contribution in [1.29, 1.82) is 0 Å². The molecule has 0 aliphatic carbocycles. The molecule has 0 saturated carbocycles. The molecule has 0 radical (unpaired) electrons. The number of nitrogens with one attached hydrogen (secondary N) is 1. The van der Waals surface area contributed by atoms with Crippen LogP contribution in [0.2, 0.25) is 0 Å². The molecule has 7 nitrogen and oxygen atoms in total. The Morgan fingerprint density at radius 3 is 2.85 bits per heavy atom. The number of amides is 1. The van der Waals surface area contributed by atoms with Gasteiger partial charge in [0.1, 0.15) is 11.4 Å². The van der Waals surface area contributed by atoms with Gasteiger partial charge in [0.15, 0.2) is 5.13 Å². The Morgan fingerprint density at radius 1 is 1.40 bits per heavy atom. The predicted octanol–water partition coefficient (Wildman–Crippen LogP) is 2.00. The van der Waals surface area contributed by atoms with Crippen LogP contribution < -0.4 is 5.32 Å². The number of anilines is 1. The molecule has 2 heterocycles. The summed E-state index contributed by atoms with van der Waals surface area (Å²) >= 11 is 1.26. The Balaban J connectivity index is 2.19. The molecule has 20 heavy (non-hydrogen) atoms. The first kappa shape index (κ1) is 14.1. The molecule has 0 saturated heterocycles. The fraction of sp³-hybridized carbons (Fsp3) is 0.250. The van der Waals surface area contributed by atoms with Crippen LogP contribution in [0.25, 0.3) is 0 Å². The molecule has 0 unspecified atom stereocenters. The van der Waals surface area contributed by atoms with Gasteiger partial charge in [0, 0.05) is 5.38 Å². The molecule has 0 fully saturated rings. The molecule has 104 valence electrons. The fourth-order valence-corrected chi connectivity index (χ4v) is 2.24. The van der Waals surface area contributed by atoms with Gasteiger partial charge in [-0.1, -0.05) is 5.16 Å². The van der Waals surface area contributed by atoms with Gasteiger partial charge in [-0.15, -0.1) is 11.3 Å². The smallest absolute Gasteiger partial charge is 0.259 e. The van der Waals surface area contributed by atoms with Crippen LogP contribution >= 0.6 is 11.3 Å². The number of hydrogen-bond acceptors (Lipinski definition) is 7. The summed E-state index contributed by atoms with van der Waals surface area (Å²) in [5.74, 6) is -0.292. The summed E-state index contributed by atoms with van der Waals surface area (Å²) < 4.78 is 0. The molecule has 0 spiro atoms. The second-order valence-electron chi connectivity index (χ2n) is 4.16. The topological polar surface area (TPSA) is 100 Å². The van der Waals surface area contributed by atoms with Crippen molar-refractivity contribution >= 4 is 28.1 Å². The van der Waals surface area contributed by atoms with Crippen LogP contribution in [0.1, 0.15) is 34.4 Å². The first-order valence-electron chi connectivity index (χ1n) is 5.78. The van der Waals surface area contributed by atoms with Gasteiger partial charge in [-0.2, -0.15) is 10.2 Å². The summed E-state index contributed by atoms with van der Waals surface area (Å²) in [5, 5.41) is 24.4. The predicted molar refractivity (Wildman–Crippen MR) is 75.6 cm³/mol. The van der Waals surface area contributed by atoms with Crippen molar-refractivity contribution in [3.8, 4) is 0 Å². The molecule has 2 N–H and O–H groups in total. The lowest BCUT2D eigenvalue weighted by atomic mass is 10.2. The highest BCUT2D eigenvalue weighted by molar-refractivity contribution is 7.14. The summed E-state index contributed by atoms with van der Waals surface area (Å²) in [5.41, 5.74) is 2.59. The number of oxime groups is 1. The Labute approximate surface area is 119 Å². The monoisotopic (exact) mass is 291 g/mol. The molecular formula is C12H13N5O2S. The van der Waals surface area contributed by atoms with Crippen molar-refractivity contribution in [2.24, 2.45) is 5.16 Å². The molecule has 2 rings (SSSR count). The van der Waals surface area contributed by atoms with Gasteiger partial charge in [0.2, 0.25) is 0 Å². The summed E-state index contributed by atoms with van der Waals surface area (Å²) in [4.78, 5) is 16.3. The zero-order valence-corrected chi connectivity index (χ0v) is 12.0. The minimum absolute atomic E-state index is 0.292. The molecular weight excluding hydrogens is 278 g/mol. The third kappa shape index (κ3) is 2.97. The fourth-order valence-electron chi connectivity index (χ4n) is 1.49. The van der Waals surface area contributed by atoms with Crippen molar-refractivity contribution in [1.82, 2.24) is 15.2 Å². The highest BCUT2D eigenvalue weighted by Gasteiger charge is 2.14. The van der Waals surface area contributed by atoms with Gasteiger partial charge >= 0.3 is 0 Å². The maximum atomic E-state index is 12.1. The zero-order valence-electron chi connectivity index (χ0n) is 11.2. The molecule has 0 atom stereocenters. The van der Waals surface area contributed by atoms with E-state index in [4.69, 9.17) is 5.21 Å². The molecule has 2 aromatic heterocycles. The summed E-state index contributed by atoms with van der Waals surface area (Å²) in [6, 6.07) is 1.67. The number of carbonyl (C=O) groups excluding carboxylic acids is 1. The number of hydrogen-bond donors (Lipinski definition) is 2. The minimum Gasteiger partial charge on any atom is -0.411 e. The molecule has 1 amide bonds. The average Bonchev–Trinajstić information content (AvgIpc) is 2.89. The Bertz CT molecular complexity index is 680. The standard InChI is InChI=1S/C12H13N5O2S/c1-6-4-9(7(2)16-15-6)11(18)14-12-13-10(5-20-12)8(3)17-19/h4-5,19H,1-3H3,(H,13,14,18)/b17-8-. The van der Waals surface area contributed by atoms with Crippen LogP contribution in [0.15, 0.2) is 16.6 Å². The second kappa shape index (κ2) is 5.74. The van der Waals surface area contributed by atoms with Gasteiger partial charge in [0.05, 0.1) is 17.0 Å². The maximum Gasteiger partial charge on any atom is 0.259 e. The summed E-state index contributed by atoms with van der Waals surface area (Å²) in [6.45, 7) is 5.12. The van der Waals surface area contributed by atoms with E-state index in [1.807, 2.05) is 0 Å². The van der Waals surface area contributed by atoms with Crippen molar-refractivity contribution in [3.05, 3.63) is 34.1 Å². The van der Waals surface area contributed by atoms with Crippen LogP contribution in [0.4, 0.5) is 5.13 Å². The van der Waals surface area contributed by atoms with Gasteiger partial charge in [-0.3, -0.25) is 10.1 Å². The molecule has 0 aliphatic heterocycles. The van der Waals surface area contributed by atoms with Crippen LogP contribution in [-0.4, -0.2) is 32.0 Å². The normalized spacial score (nSPS) is 11.4. The van der Waals surface area contributed by atoms with Crippen LogP contribution in [0.5, 0.6) is 0 Å². The number of aromatic nitrogens is 3. The Morgan fingerprint density at radius 2 is 2.15 bits per heavy atom. The van der Waals surface area contributed by atoms with E-state index >= 15 is 0 Å². The number of rotatable bonds is 3. The zero-order chi connectivity index (χ0) is 14.7. The molecule has 0 aliphatic rings. The van der Waals surface area contributed by atoms with Crippen LogP contribution in [0, 0.1) is 13.8 Å². The van der Waals surface area contributed by atoms with E-state index in [2.05, 4.69) is 25.7 Å². The van der Waals surface area contributed by atoms with E-state index in [-0.39, 0.29) is 5.91 Å². The first-order chi connectivity index (χ1) is 9.51. The third-order valence-electron chi connectivity index (χ3n) is 2.59. The molecule has 2 aromatic rings. The lowest BCUT2D eigenvalue weighted by Crippen LogP contribution is -2.15. The number of carbonyl (C=O) groups is 1. The minimum atomic E-state index is -0.292. The number of nitrogens with zero attached hydrogens (tertiary/aromatic N) is 4. The quantitative estimate of drug-likeness (QED) is 0.512. The van der Waals surface area contributed by atoms with E-state index in [1.165, 1.54) is 11.3 Å². The molecule has 0 aromatic carbocycles.